The Kier molecular flexibility index (Phi) is 9.31. The summed E-state index contributed by atoms with van der Waals surface area (Å²) < 4.78 is 52.9. The summed E-state index contributed by atoms with van der Waals surface area (Å²) in [6, 6.07) is 0.237. The summed E-state index contributed by atoms with van der Waals surface area (Å²) in [7, 11) is 0. The number of rotatable bonds is 7. The first kappa shape index (κ1) is 29.8. The highest BCUT2D eigenvalue weighted by atomic mass is 35.5. The van der Waals surface area contributed by atoms with E-state index in [0.29, 0.717) is 31.7 Å². The SMILES string of the molecule is CC1CC(C)(NC(=O)C2=CC(C(F)(F)F)=CCC2Cl)CCC1CN=C1NNC(C)C1CCC1=CCC(F)C=C1. The maximum absolute atomic E-state index is 13.4. The smallest absolute Gasteiger partial charge is 0.347 e. The van der Waals surface area contributed by atoms with Gasteiger partial charge in [0.05, 0.1) is 11.0 Å². The number of carbonyl (C=O) groups is 1. The first-order valence-electron chi connectivity index (χ1n) is 13.9. The van der Waals surface area contributed by atoms with Gasteiger partial charge in [0.25, 0.3) is 0 Å². The van der Waals surface area contributed by atoms with Gasteiger partial charge in [-0.25, -0.2) is 9.82 Å². The zero-order valence-corrected chi connectivity index (χ0v) is 23.5. The zero-order chi connectivity index (χ0) is 28.4. The fourth-order valence-electron chi connectivity index (χ4n) is 6.10. The van der Waals surface area contributed by atoms with Gasteiger partial charge in [-0.2, -0.15) is 13.2 Å². The number of aliphatic imine (C=N–C) groups is 1. The van der Waals surface area contributed by atoms with E-state index in [9.17, 15) is 22.4 Å². The predicted molar refractivity (Wildman–Crippen MR) is 147 cm³/mol. The average molecular weight is 571 g/mol. The number of hydrogen-bond acceptors (Lipinski definition) is 3. The minimum Gasteiger partial charge on any atom is -0.347 e. The van der Waals surface area contributed by atoms with Gasteiger partial charge in [-0.05, 0) is 70.3 Å². The summed E-state index contributed by atoms with van der Waals surface area (Å²) in [6.45, 7) is 6.89. The molecule has 10 heteroatoms. The van der Waals surface area contributed by atoms with Crippen LogP contribution in [0.5, 0.6) is 0 Å². The van der Waals surface area contributed by atoms with Gasteiger partial charge >= 0.3 is 6.18 Å². The van der Waals surface area contributed by atoms with Crippen molar-refractivity contribution in [1.29, 1.82) is 0 Å². The number of halogens is 5. The Morgan fingerprint density at radius 2 is 2.03 bits per heavy atom. The molecule has 7 atom stereocenters. The molecule has 0 aromatic rings. The van der Waals surface area contributed by atoms with Crippen LogP contribution in [0.1, 0.15) is 65.7 Å². The average Bonchev–Trinajstić information content (AvgIpc) is 3.21. The standard InChI is InChI=1S/C29H39ClF4N4O/c1-17-15-28(3,36-27(39)24-14-21(29(32,33)34)7-11-25(24)30)13-12-20(17)16-35-26-23(18(2)37-38-26)10-6-19-4-8-22(31)9-5-19/h4-5,7-8,14,17-18,20,22-23,25,37H,6,9-13,15-16H2,1-3H3,(H,35,38)(H,36,39). The molecule has 1 amide bonds. The number of amidine groups is 1. The lowest BCUT2D eigenvalue weighted by Gasteiger charge is -2.42. The van der Waals surface area contributed by atoms with Crippen molar-refractivity contribution >= 4 is 23.3 Å². The van der Waals surface area contributed by atoms with Crippen molar-refractivity contribution in [3.8, 4) is 0 Å². The van der Waals surface area contributed by atoms with E-state index in [0.717, 1.165) is 37.3 Å². The molecule has 0 spiro atoms. The number of hydrazine groups is 1. The van der Waals surface area contributed by atoms with E-state index in [-0.39, 0.29) is 29.9 Å². The van der Waals surface area contributed by atoms with Crippen LogP contribution in [-0.2, 0) is 4.79 Å². The molecular formula is C29H39ClF4N4O. The number of nitrogens with zero attached hydrogens (tertiary/aromatic N) is 1. The minimum atomic E-state index is -4.51. The van der Waals surface area contributed by atoms with Gasteiger partial charge in [-0.15, -0.1) is 11.6 Å². The van der Waals surface area contributed by atoms with Crippen LogP contribution in [0.2, 0.25) is 0 Å². The quantitative estimate of drug-likeness (QED) is 0.251. The van der Waals surface area contributed by atoms with Crippen LogP contribution in [0.4, 0.5) is 17.6 Å². The molecule has 216 valence electrons. The van der Waals surface area contributed by atoms with Crippen LogP contribution in [0.25, 0.3) is 0 Å². The summed E-state index contributed by atoms with van der Waals surface area (Å²) in [6.07, 6.45) is 6.48. The van der Waals surface area contributed by atoms with Gasteiger partial charge in [0, 0.05) is 36.0 Å². The topological polar surface area (TPSA) is 65.5 Å². The van der Waals surface area contributed by atoms with Gasteiger partial charge in [0.1, 0.15) is 12.0 Å². The van der Waals surface area contributed by atoms with Crippen LogP contribution >= 0.6 is 11.6 Å². The number of hydrogen-bond donors (Lipinski definition) is 3. The molecule has 0 bridgehead atoms. The summed E-state index contributed by atoms with van der Waals surface area (Å²) >= 11 is 6.22. The lowest BCUT2D eigenvalue weighted by Crippen LogP contribution is -2.51. The van der Waals surface area contributed by atoms with Crippen molar-refractivity contribution in [1.82, 2.24) is 16.2 Å². The highest BCUT2D eigenvalue weighted by Gasteiger charge is 2.40. The van der Waals surface area contributed by atoms with Gasteiger partial charge in [-0.3, -0.25) is 9.79 Å². The molecule has 39 heavy (non-hydrogen) atoms. The Morgan fingerprint density at radius 1 is 1.26 bits per heavy atom. The van der Waals surface area contributed by atoms with Crippen molar-refractivity contribution in [2.45, 2.75) is 95.0 Å². The summed E-state index contributed by atoms with van der Waals surface area (Å²) in [4.78, 5) is 17.9. The van der Waals surface area contributed by atoms with Gasteiger partial charge in [0.2, 0.25) is 5.91 Å². The number of carbonyl (C=O) groups excluding carboxylic acids is 1. The molecule has 0 aromatic carbocycles. The largest absolute Gasteiger partial charge is 0.416 e. The molecule has 1 saturated heterocycles. The van der Waals surface area contributed by atoms with Crippen LogP contribution in [0.3, 0.4) is 0 Å². The number of nitrogens with one attached hydrogen (secondary N) is 3. The third kappa shape index (κ3) is 7.54. The molecule has 2 fully saturated rings. The van der Waals surface area contributed by atoms with Crippen molar-refractivity contribution in [3.05, 3.63) is 47.1 Å². The minimum absolute atomic E-state index is 0.0277. The highest BCUT2D eigenvalue weighted by Crippen LogP contribution is 2.38. The molecule has 1 heterocycles. The Hall–Kier alpha value is -2.13. The Morgan fingerprint density at radius 3 is 2.69 bits per heavy atom. The van der Waals surface area contributed by atoms with Crippen LogP contribution < -0.4 is 16.2 Å². The van der Waals surface area contributed by atoms with Crippen molar-refractivity contribution in [2.24, 2.45) is 22.7 Å². The lowest BCUT2D eigenvalue weighted by molar-refractivity contribution is -0.120. The summed E-state index contributed by atoms with van der Waals surface area (Å²) in [5.74, 6) is 1.27. The molecular weight excluding hydrogens is 532 g/mol. The second-order valence-electron chi connectivity index (χ2n) is 11.8. The van der Waals surface area contributed by atoms with Crippen molar-refractivity contribution in [2.75, 3.05) is 6.54 Å². The molecule has 7 unspecified atom stereocenters. The van der Waals surface area contributed by atoms with E-state index in [1.54, 1.807) is 6.08 Å². The highest BCUT2D eigenvalue weighted by molar-refractivity contribution is 6.26. The number of amides is 1. The predicted octanol–water partition coefficient (Wildman–Crippen LogP) is 6.24. The fourth-order valence-corrected chi connectivity index (χ4v) is 6.35. The van der Waals surface area contributed by atoms with E-state index in [2.05, 4.69) is 30.0 Å². The molecule has 1 aliphatic heterocycles. The first-order chi connectivity index (χ1) is 18.3. The van der Waals surface area contributed by atoms with Gasteiger partial charge < -0.3 is 10.7 Å². The molecule has 3 aliphatic carbocycles. The van der Waals surface area contributed by atoms with Crippen molar-refractivity contribution in [3.63, 3.8) is 0 Å². The summed E-state index contributed by atoms with van der Waals surface area (Å²) in [5, 5.41) is 2.22. The molecule has 0 radical (unpaired) electrons. The van der Waals surface area contributed by atoms with Crippen molar-refractivity contribution < 1.29 is 22.4 Å². The van der Waals surface area contributed by atoms with Gasteiger partial charge in [0.15, 0.2) is 0 Å². The van der Waals surface area contributed by atoms with E-state index >= 15 is 0 Å². The third-order valence-electron chi connectivity index (χ3n) is 8.59. The number of allylic oxidation sites excluding steroid dienone is 7. The van der Waals surface area contributed by atoms with Crippen LogP contribution in [0.15, 0.2) is 52.1 Å². The second kappa shape index (κ2) is 12.2. The lowest BCUT2D eigenvalue weighted by atomic mass is 9.71. The Labute approximate surface area is 233 Å². The van der Waals surface area contributed by atoms with E-state index in [1.165, 1.54) is 5.57 Å². The number of alkyl halides is 5. The second-order valence-corrected chi connectivity index (χ2v) is 12.3. The van der Waals surface area contributed by atoms with E-state index in [4.69, 9.17) is 16.6 Å². The zero-order valence-electron chi connectivity index (χ0n) is 22.8. The molecule has 1 saturated carbocycles. The maximum Gasteiger partial charge on any atom is 0.416 e. The Balaban J connectivity index is 1.32. The summed E-state index contributed by atoms with van der Waals surface area (Å²) in [5.41, 5.74) is 6.31. The van der Waals surface area contributed by atoms with Gasteiger partial charge in [-0.1, -0.05) is 36.8 Å². The molecule has 4 aliphatic rings. The molecule has 5 nitrogen and oxygen atoms in total. The molecule has 0 aromatic heterocycles. The normalized spacial score (nSPS) is 36.2. The molecule has 4 rings (SSSR count). The van der Waals surface area contributed by atoms with Crippen LogP contribution in [-0.4, -0.2) is 47.6 Å². The fraction of sp³-hybridized carbons (Fsp3) is 0.655. The molecule has 3 N–H and O–H groups in total. The van der Waals surface area contributed by atoms with Crippen LogP contribution in [0, 0.1) is 17.8 Å². The monoisotopic (exact) mass is 570 g/mol. The van der Waals surface area contributed by atoms with E-state index in [1.807, 2.05) is 19.1 Å². The third-order valence-corrected chi connectivity index (χ3v) is 9.00. The Bertz CT molecular complexity index is 1080. The maximum atomic E-state index is 13.4. The first-order valence-corrected chi connectivity index (χ1v) is 14.3. The van der Waals surface area contributed by atoms with E-state index < -0.39 is 34.7 Å².